The molecule has 0 aliphatic rings. The minimum absolute atomic E-state index is 0. The van der Waals surface area contributed by atoms with Crippen molar-refractivity contribution in [2.75, 3.05) is 47.2 Å². The third-order valence-electron chi connectivity index (χ3n) is 3.97. The van der Waals surface area contributed by atoms with Crippen LogP contribution in [0, 0.1) is 3.57 Å². The van der Waals surface area contributed by atoms with Gasteiger partial charge in [0.25, 0.3) is 0 Å². The zero-order chi connectivity index (χ0) is 20.7. The number of thioether (sulfide) groups is 1. The zero-order valence-corrected chi connectivity index (χ0v) is 22.9. The molecule has 0 heterocycles. The fourth-order valence-electron chi connectivity index (χ4n) is 2.44. The maximum atomic E-state index is 12.5. The van der Waals surface area contributed by atoms with Crippen LogP contribution in [0.3, 0.4) is 0 Å². The molecule has 0 aliphatic carbocycles. The molecule has 0 atom stereocenters. The Balaban J connectivity index is 0.00000420. The molecular formula is C21H26ClI2NO3S. The third kappa shape index (κ3) is 9.20. The van der Waals surface area contributed by atoms with Gasteiger partial charge in [0.05, 0.1) is 51.4 Å². The molecule has 4 nitrogen and oxygen atoms in total. The second kappa shape index (κ2) is 12.6. The summed E-state index contributed by atoms with van der Waals surface area (Å²) >= 11 is 9.81. The SMILES string of the molecule is COc1cc(C(=O)CC[N+](C)(C)C)cc(I)c1OCCSc1ccc(Cl)cc1.[I-]. The fraction of sp³-hybridized carbons (Fsp3) is 0.381. The molecule has 2 aromatic rings. The van der Waals surface area contributed by atoms with Crippen LogP contribution in [0.2, 0.25) is 5.02 Å². The van der Waals surface area contributed by atoms with Gasteiger partial charge in [-0.1, -0.05) is 11.6 Å². The van der Waals surface area contributed by atoms with Crippen molar-refractivity contribution >= 4 is 51.7 Å². The maximum absolute atomic E-state index is 12.5. The van der Waals surface area contributed by atoms with E-state index in [1.165, 1.54) is 0 Å². The van der Waals surface area contributed by atoms with Gasteiger partial charge in [-0.3, -0.25) is 4.79 Å². The van der Waals surface area contributed by atoms with Gasteiger partial charge in [-0.25, -0.2) is 0 Å². The highest BCUT2D eigenvalue weighted by molar-refractivity contribution is 14.1. The van der Waals surface area contributed by atoms with E-state index in [4.69, 9.17) is 21.1 Å². The number of ether oxygens (including phenoxy) is 2. The number of Topliss-reactive ketones (excluding diaryl/α,β-unsaturated/α-hetero) is 1. The zero-order valence-electron chi connectivity index (χ0n) is 17.0. The molecule has 0 aliphatic heterocycles. The lowest BCUT2D eigenvalue weighted by molar-refractivity contribution is -0.869. The number of carbonyl (C=O) groups is 1. The normalized spacial score (nSPS) is 11.0. The van der Waals surface area contributed by atoms with Crippen LogP contribution < -0.4 is 33.5 Å². The van der Waals surface area contributed by atoms with E-state index in [2.05, 4.69) is 43.7 Å². The predicted octanol–water partition coefficient (Wildman–Crippen LogP) is 2.41. The molecule has 160 valence electrons. The second-order valence-corrected chi connectivity index (χ2v) is 10.1. The molecule has 0 unspecified atom stereocenters. The van der Waals surface area contributed by atoms with Crippen molar-refractivity contribution in [1.29, 1.82) is 0 Å². The summed E-state index contributed by atoms with van der Waals surface area (Å²) in [5.74, 6) is 2.19. The van der Waals surface area contributed by atoms with Crippen molar-refractivity contribution in [1.82, 2.24) is 0 Å². The summed E-state index contributed by atoms with van der Waals surface area (Å²) in [5, 5.41) is 0.732. The Labute approximate surface area is 213 Å². The Bertz CT molecular complexity index is 811. The average Bonchev–Trinajstić information content (AvgIpc) is 2.64. The molecular weight excluding hydrogens is 636 g/mol. The van der Waals surface area contributed by atoms with E-state index in [1.54, 1.807) is 24.9 Å². The summed E-state index contributed by atoms with van der Waals surface area (Å²) < 4.78 is 13.1. The van der Waals surface area contributed by atoms with E-state index in [1.807, 2.05) is 30.3 Å². The van der Waals surface area contributed by atoms with Crippen LogP contribution in [0.25, 0.3) is 0 Å². The molecule has 0 aromatic heterocycles. The van der Waals surface area contributed by atoms with Crippen LogP contribution in [-0.2, 0) is 0 Å². The van der Waals surface area contributed by atoms with Gasteiger partial charge in [-0.05, 0) is 59.0 Å². The van der Waals surface area contributed by atoms with Gasteiger partial charge in [-0.15, -0.1) is 11.8 Å². The first-order valence-corrected chi connectivity index (χ1v) is 11.4. The number of quaternary nitrogens is 1. The molecule has 0 bridgehead atoms. The molecule has 0 spiro atoms. The molecule has 0 saturated carbocycles. The molecule has 2 rings (SSSR count). The number of ketones is 1. The number of halogens is 3. The number of hydrogen-bond acceptors (Lipinski definition) is 4. The van der Waals surface area contributed by atoms with Crippen molar-refractivity contribution in [3.8, 4) is 11.5 Å². The van der Waals surface area contributed by atoms with E-state index in [-0.39, 0.29) is 29.8 Å². The minimum Gasteiger partial charge on any atom is -1.00 e. The lowest BCUT2D eigenvalue weighted by Crippen LogP contribution is -3.00. The molecule has 0 amide bonds. The Morgan fingerprint density at radius 3 is 2.41 bits per heavy atom. The van der Waals surface area contributed by atoms with E-state index in [0.29, 0.717) is 30.1 Å². The summed E-state index contributed by atoms with van der Waals surface area (Å²) in [6.45, 7) is 1.33. The number of carbonyl (C=O) groups excluding carboxylic acids is 1. The predicted molar refractivity (Wildman–Crippen MR) is 125 cm³/mol. The van der Waals surface area contributed by atoms with Crippen LogP contribution in [0.1, 0.15) is 16.8 Å². The Kier molecular flexibility index (Phi) is 11.6. The van der Waals surface area contributed by atoms with Crippen molar-refractivity contribution in [2.24, 2.45) is 0 Å². The van der Waals surface area contributed by atoms with Gasteiger partial charge in [0.1, 0.15) is 0 Å². The number of hydrogen-bond donors (Lipinski definition) is 0. The summed E-state index contributed by atoms with van der Waals surface area (Å²) in [6.07, 6.45) is 0.501. The maximum Gasteiger partial charge on any atom is 0.174 e. The van der Waals surface area contributed by atoms with E-state index in [9.17, 15) is 4.79 Å². The number of benzene rings is 2. The largest absolute Gasteiger partial charge is 1.00 e. The highest BCUT2D eigenvalue weighted by Gasteiger charge is 2.18. The van der Waals surface area contributed by atoms with Crippen molar-refractivity contribution in [2.45, 2.75) is 11.3 Å². The molecule has 0 fully saturated rings. The number of rotatable bonds is 10. The molecule has 2 aromatic carbocycles. The Morgan fingerprint density at radius 2 is 1.83 bits per heavy atom. The standard InChI is InChI=1S/C21H26ClINO3S.HI/c1-24(2,3)10-9-19(25)15-13-18(23)21(20(14-15)26-4)27-11-12-28-17-7-5-16(22)6-8-17;/h5-8,13-14H,9-12H2,1-4H3;1H/q+1;/p-1. The first-order chi connectivity index (χ1) is 13.2. The van der Waals surface area contributed by atoms with Crippen LogP contribution in [0.4, 0.5) is 0 Å². The van der Waals surface area contributed by atoms with Gasteiger partial charge in [0.15, 0.2) is 17.3 Å². The summed E-state index contributed by atoms with van der Waals surface area (Å²) in [4.78, 5) is 13.7. The van der Waals surface area contributed by atoms with Gasteiger partial charge in [0.2, 0.25) is 0 Å². The molecule has 0 radical (unpaired) electrons. The Morgan fingerprint density at radius 1 is 1.17 bits per heavy atom. The monoisotopic (exact) mass is 661 g/mol. The lowest BCUT2D eigenvalue weighted by Gasteiger charge is -2.23. The number of nitrogens with zero attached hydrogens (tertiary/aromatic N) is 1. The van der Waals surface area contributed by atoms with Crippen LogP contribution >= 0.6 is 46.0 Å². The van der Waals surface area contributed by atoms with E-state index >= 15 is 0 Å². The quantitative estimate of drug-likeness (QED) is 0.129. The first-order valence-electron chi connectivity index (χ1n) is 8.92. The number of methoxy groups -OCH3 is 1. The van der Waals surface area contributed by atoms with Crippen LogP contribution in [0.5, 0.6) is 11.5 Å². The van der Waals surface area contributed by atoms with Gasteiger partial charge in [-0.2, -0.15) is 0 Å². The van der Waals surface area contributed by atoms with Gasteiger partial charge < -0.3 is 37.9 Å². The van der Waals surface area contributed by atoms with Crippen molar-refractivity contribution in [3.63, 3.8) is 0 Å². The highest BCUT2D eigenvalue weighted by atomic mass is 127. The average molecular weight is 662 g/mol. The Hall–Kier alpha value is -0.230. The van der Waals surface area contributed by atoms with Gasteiger partial charge >= 0.3 is 0 Å². The summed E-state index contributed by atoms with van der Waals surface area (Å²) in [7, 11) is 7.84. The first kappa shape index (κ1) is 26.8. The highest BCUT2D eigenvalue weighted by Crippen LogP contribution is 2.34. The smallest absolute Gasteiger partial charge is 0.174 e. The minimum atomic E-state index is 0. The lowest BCUT2D eigenvalue weighted by atomic mass is 10.1. The molecule has 0 N–H and O–H groups in total. The molecule has 0 saturated heterocycles. The molecule has 29 heavy (non-hydrogen) atoms. The summed E-state index contributed by atoms with van der Waals surface area (Å²) in [6, 6.07) is 11.4. The van der Waals surface area contributed by atoms with Crippen molar-refractivity contribution < 1.29 is 42.7 Å². The van der Waals surface area contributed by atoms with E-state index in [0.717, 1.165) is 30.3 Å². The van der Waals surface area contributed by atoms with Crippen LogP contribution in [0.15, 0.2) is 41.3 Å². The van der Waals surface area contributed by atoms with Gasteiger partial charge in [0, 0.05) is 21.2 Å². The van der Waals surface area contributed by atoms with Crippen LogP contribution in [-0.4, -0.2) is 57.4 Å². The topological polar surface area (TPSA) is 35.5 Å². The summed E-state index contributed by atoms with van der Waals surface area (Å²) in [5.41, 5.74) is 0.664. The fourth-order valence-corrected chi connectivity index (χ4v) is 4.05. The third-order valence-corrected chi connectivity index (χ3v) is 6.00. The molecule has 8 heteroatoms. The second-order valence-electron chi connectivity index (χ2n) is 7.33. The van der Waals surface area contributed by atoms with E-state index < -0.39 is 0 Å². The van der Waals surface area contributed by atoms with Crippen molar-refractivity contribution in [3.05, 3.63) is 50.6 Å².